The van der Waals surface area contributed by atoms with E-state index in [0.717, 1.165) is 22.9 Å². The molecule has 2 heterocycles. The molecule has 0 saturated carbocycles. The van der Waals surface area contributed by atoms with Crippen LogP contribution >= 0.6 is 0 Å². The first-order valence-corrected chi connectivity index (χ1v) is 6.91. The van der Waals surface area contributed by atoms with Crippen LogP contribution in [-0.4, -0.2) is 36.1 Å². The minimum absolute atomic E-state index is 0.128. The minimum atomic E-state index is -0.128. The molecule has 0 amide bonds. The van der Waals surface area contributed by atoms with Gasteiger partial charge in [-0.1, -0.05) is 0 Å². The molecule has 0 saturated heterocycles. The van der Waals surface area contributed by atoms with E-state index in [0.29, 0.717) is 13.2 Å². The number of aliphatic imine (C=N–C) groups is 2. The molecule has 3 rings (SSSR count). The zero-order chi connectivity index (χ0) is 14.4. The number of benzene rings is 1. The fourth-order valence-corrected chi connectivity index (χ4v) is 2.22. The predicted molar refractivity (Wildman–Crippen MR) is 79.6 cm³/mol. The van der Waals surface area contributed by atoms with Crippen LogP contribution in [0.5, 0.6) is 0 Å². The molecule has 0 fully saturated rings. The summed E-state index contributed by atoms with van der Waals surface area (Å²) in [5, 5.41) is 0. The van der Waals surface area contributed by atoms with Crippen LogP contribution < -0.4 is 0 Å². The van der Waals surface area contributed by atoms with Crippen molar-refractivity contribution in [2.45, 2.75) is 38.8 Å². The van der Waals surface area contributed by atoms with Gasteiger partial charge in [0.1, 0.15) is 13.2 Å². The summed E-state index contributed by atoms with van der Waals surface area (Å²) in [5.41, 5.74) is 1.74. The molecule has 4 nitrogen and oxygen atoms in total. The molecule has 2 aliphatic heterocycles. The third-order valence-electron chi connectivity index (χ3n) is 3.31. The summed E-state index contributed by atoms with van der Waals surface area (Å²) in [4.78, 5) is 9.15. The van der Waals surface area contributed by atoms with E-state index in [9.17, 15) is 0 Å². The minimum Gasteiger partial charge on any atom is -0.475 e. The van der Waals surface area contributed by atoms with Crippen LogP contribution in [-0.2, 0) is 9.47 Å². The van der Waals surface area contributed by atoms with Crippen molar-refractivity contribution in [1.29, 1.82) is 0 Å². The first-order chi connectivity index (χ1) is 9.35. The first kappa shape index (κ1) is 13.2. The number of rotatable bonds is 2. The van der Waals surface area contributed by atoms with Crippen molar-refractivity contribution in [1.82, 2.24) is 0 Å². The molecule has 0 atom stereocenters. The molecule has 0 aliphatic carbocycles. The van der Waals surface area contributed by atoms with E-state index in [4.69, 9.17) is 9.47 Å². The van der Waals surface area contributed by atoms with Gasteiger partial charge in [-0.2, -0.15) is 0 Å². The Hall–Kier alpha value is -1.84. The van der Waals surface area contributed by atoms with Crippen molar-refractivity contribution in [3.05, 3.63) is 35.4 Å². The van der Waals surface area contributed by atoms with E-state index in [2.05, 4.69) is 37.7 Å². The Kier molecular flexibility index (Phi) is 2.85. The van der Waals surface area contributed by atoms with E-state index in [-0.39, 0.29) is 11.1 Å². The lowest BCUT2D eigenvalue weighted by atomic mass is 10.1. The van der Waals surface area contributed by atoms with Crippen LogP contribution in [0.4, 0.5) is 0 Å². The van der Waals surface area contributed by atoms with Gasteiger partial charge in [0.15, 0.2) is 0 Å². The molecule has 0 unspecified atom stereocenters. The lowest BCUT2D eigenvalue weighted by Gasteiger charge is -2.07. The molecule has 0 bridgehead atoms. The van der Waals surface area contributed by atoms with Crippen molar-refractivity contribution in [3.63, 3.8) is 0 Å². The van der Waals surface area contributed by atoms with Crippen LogP contribution in [0, 0.1) is 0 Å². The monoisotopic (exact) mass is 272 g/mol. The summed E-state index contributed by atoms with van der Waals surface area (Å²) in [5.74, 6) is 1.44. The van der Waals surface area contributed by atoms with Crippen molar-refractivity contribution in [2.24, 2.45) is 9.98 Å². The van der Waals surface area contributed by atoms with Gasteiger partial charge in [-0.25, -0.2) is 9.98 Å². The van der Waals surface area contributed by atoms with E-state index in [1.807, 2.05) is 24.3 Å². The van der Waals surface area contributed by atoms with Crippen molar-refractivity contribution in [2.75, 3.05) is 13.2 Å². The van der Waals surface area contributed by atoms with Gasteiger partial charge < -0.3 is 9.47 Å². The van der Waals surface area contributed by atoms with E-state index in [1.54, 1.807) is 0 Å². The van der Waals surface area contributed by atoms with E-state index < -0.39 is 0 Å². The van der Waals surface area contributed by atoms with Gasteiger partial charge in [0.05, 0.1) is 11.1 Å². The topological polar surface area (TPSA) is 43.2 Å². The Bertz CT molecular complexity index is 530. The molecule has 4 heteroatoms. The smallest absolute Gasteiger partial charge is 0.216 e. The fraction of sp³-hybridized carbons (Fsp3) is 0.500. The van der Waals surface area contributed by atoms with Crippen LogP contribution in [0.25, 0.3) is 0 Å². The van der Waals surface area contributed by atoms with Gasteiger partial charge in [-0.15, -0.1) is 0 Å². The molecule has 0 N–H and O–H groups in total. The van der Waals surface area contributed by atoms with E-state index in [1.165, 1.54) is 0 Å². The number of hydrogen-bond acceptors (Lipinski definition) is 4. The molecule has 1 aromatic carbocycles. The Morgan fingerprint density at radius 2 is 1.10 bits per heavy atom. The highest BCUT2D eigenvalue weighted by Crippen LogP contribution is 2.23. The molecular weight excluding hydrogens is 252 g/mol. The summed E-state index contributed by atoms with van der Waals surface area (Å²) in [6.45, 7) is 9.53. The number of nitrogens with zero attached hydrogens (tertiary/aromatic N) is 2. The largest absolute Gasteiger partial charge is 0.475 e. The summed E-state index contributed by atoms with van der Waals surface area (Å²) >= 11 is 0. The standard InChI is InChI=1S/C16H20N2O2/c1-15(2)9-19-13(17-15)11-5-7-12(8-6-11)14-18-16(3,4)10-20-14/h5-8H,9-10H2,1-4H3. The zero-order valence-electron chi connectivity index (χ0n) is 12.4. The molecule has 1 aromatic rings. The Morgan fingerprint density at radius 1 is 0.750 bits per heavy atom. The van der Waals surface area contributed by atoms with Gasteiger partial charge in [-0.05, 0) is 52.0 Å². The quantitative estimate of drug-likeness (QED) is 0.831. The predicted octanol–water partition coefficient (Wildman–Crippen LogP) is 2.80. The lowest BCUT2D eigenvalue weighted by molar-refractivity contribution is 0.279. The SMILES string of the molecule is CC1(C)COC(c2ccc(C3=NC(C)(C)CO3)cc2)=N1. The molecule has 2 aliphatic rings. The number of hydrogen-bond donors (Lipinski definition) is 0. The molecule has 20 heavy (non-hydrogen) atoms. The second-order valence-corrected chi connectivity index (χ2v) is 6.61. The fourth-order valence-electron chi connectivity index (χ4n) is 2.22. The Balaban J connectivity index is 1.83. The maximum Gasteiger partial charge on any atom is 0.216 e. The average molecular weight is 272 g/mol. The summed E-state index contributed by atoms with van der Waals surface area (Å²) in [6.07, 6.45) is 0. The molecule has 0 radical (unpaired) electrons. The third kappa shape index (κ3) is 2.55. The van der Waals surface area contributed by atoms with Crippen LogP contribution in [0.3, 0.4) is 0 Å². The summed E-state index contributed by atoms with van der Waals surface area (Å²) < 4.78 is 11.3. The zero-order valence-corrected chi connectivity index (χ0v) is 12.4. The van der Waals surface area contributed by atoms with Gasteiger partial charge in [0, 0.05) is 11.1 Å². The molecule has 0 spiro atoms. The van der Waals surface area contributed by atoms with Crippen LogP contribution in [0.2, 0.25) is 0 Å². The highest BCUT2D eigenvalue weighted by molar-refractivity contribution is 5.99. The van der Waals surface area contributed by atoms with Gasteiger partial charge in [0.25, 0.3) is 0 Å². The van der Waals surface area contributed by atoms with Crippen molar-refractivity contribution >= 4 is 11.8 Å². The van der Waals surface area contributed by atoms with Crippen molar-refractivity contribution < 1.29 is 9.47 Å². The molecule has 0 aromatic heterocycles. The summed E-state index contributed by atoms with van der Waals surface area (Å²) in [7, 11) is 0. The summed E-state index contributed by atoms with van der Waals surface area (Å²) in [6, 6.07) is 8.03. The molecular formula is C16H20N2O2. The van der Waals surface area contributed by atoms with Gasteiger partial charge in [-0.3, -0.25) is 0 Å². The Morgan fingerprint density at radius 3 is 1.35 bits per heavy atom. The van der Waals surface area contributed by atoms with Gasteiger partial charge in [0.2, 0.25) is 11.8 Å². The second kappa shape index (κ2) is 4.33. The second-order valence-electron chi connectivity index (χ2n) is 6.61. The highest BCUT2D eigenvalue weighted by atomic mass is 16.5. The maximum absolute atomic E-state index is 5.64. The average Bonchev–Trinajstić information content (AvgIpc) is 2.92. The lowest BCUT2D eigenvalue weighted by Crippen LogP contribution is -2.17. The van der Waals surface area contributed by atoms with Crippen LogP contribution in [0.15, 0.2) is 34.3 Å². The van der Waals surface area contributed by atoms with Crippen LogP contribution in [0.1, 0.15) is 38.8 Å². The molecule has 106 valence electrons. The maximum atomic E-state index is 5.64. The highest BCUT2D eigenvalue weighted by Gasteiger charge is 2.28. The van der Waals surface area contributed by atoms with E-state index >= 15 is 0 Å². The third-order valence-corrected chi connectivity index (χ3v) is 3.31. The van der Waals surface area contributed by atoms with Crippen molar-refractivity contribution in [3.8, 4) is 0 Å². The number of ether oxygens (including phenoxy) is 2. The normalized spacial score (nSPS) is 22.8. The van der Waals surface area contributed by atoms with Gasteiger partial charge >= 0.3 is 0 Å². The Labute approximate surface area is 119 Å². The first-order valence-electron chi connectivity index (χ1n) is 6.91.